The van der Waals surface area contributed by atoms with Gasteiger partial charge < -0.3 is 15.4 Å². The Labute approximate surface area is 137 Å². The molecule has 1 aromatic rings. The summed E-state index contributed by atoms with van der Waals surface area (Å²) in [6.07, 6.45) is 5.37. The maximum Gasteiger partial charge on any atom is 0.218 e. The second-order valence-corrected chi connectivity index (χ2v) is 6.67. The number of guanidine groups is 1. The van der Waals surface area contributed by atoms with Crippen molar-refractivity contribution >= 4 is 17.7 Å². The predicted octanol–water partition coefficient (Wildman–Crippen LogP) is 2.43. The highest BCUT2D eigenvalue weighted by Crippen LogP contribution is 2.25. The van der Waals surface area contributed by atoms with Crippen LogP contribution in [0.5, 0.6) is 5.88 Å². The highest BCUT2D eigenvalue weighted by molar-refractivity contribution is 8.00. The second kappa shape index (κ2) is 9.56. The number of aromatic nitrogens is 1. The molecule has 1 saturated heterocycles. The van der Waals surface area contributed by atoms with Crippen LogP contribution in [0.1, 0.15) is 31.7 Å². The lowest BCUT2D eigenvalue weighted by Gasteiger charge is -2.15. The lowest BCUT2D eigenvalue weighted by atomic mass is 10.2. The molecule has 1 aliphatic rings. The molecule has 0 aliphatic carbocycles. The zero-order valence-electron chi connectivity index (χ0n) is 13.5. The van der Waals surface area contributed by atoms with E-state index in [1.807, 2.05) is 23.9 Å². The zero-order chi connectivity index (χ0) is 15.6. The maximum atomic E-state index is 5.68. The van der Waals surface area contributed by atoms with Crippen molar-refractivity contribution in [3.63, 3.8) is 0 Å². The van der Waals surface area contributed by atoms with Gasteiger partial charge in [-0.1, -0.05) is 13.0 Å². The van der Waals surface area contributed by atoms with E-state index in [4.69, 9.17) is 4.74 Å². The summed E-state index contributed by atoms with van der Waals surface area (Å²) in [6, 6.07) is 3.96. The van der Waals surface area contributed by atoms with E-state index in [1.165, 1.54) is 18.6 Å². The van der Waals surface area contributed by atoms with Crippen molar-refractivity contribution in [3.8, 4) is 5.88 Å². The van der Waals surface area contributed by atoms with Crippen LogP contribution in [0.3, 0.4) is 0 Å². The zero-order valence-corrected chi connectivity index (χ0v) is 14.3. The number of nitrogens with one attached hydrogen (secondary N) is 2. The van der Waals surface area contributed by atoms with Crippen LogP contribution in [-0.4, -0.2) is 42.1 Å². The number of ether oxygens (including phenoxy) is 1. The number of thioether (sulfide) groups is 1. The molecule has 122 valence electrons. The van der Waals surface area contributed by atoms with Gasteiger partial charge in [0.2, 0.25) is 5.88 Å². The molecule has 5 nitrogen and oxygen atoms in total. The molecule has 2 heterocycles. The summed E-state index contributed by atoms with van der Waals surface area (Å²) in [6.45, 7) is 4.41. The third-order valence-corrected chi connectivity index (χ3v) is 4.88. The minimum Gasteiger partial charge on any atom is -0.477 e. The lowest BCUT2D eigenvalue weighted by Crippen LogP contribution is -2.39. The molecule has 0 spiro atoms. The van der Waals surface area contributed by atoms with Crippen molar-refractivity contribution in [2.24, 2.45) is 4.99 Å². The van der Waals surface area contributed by atoms with Crippen molar-refractivity contribution in [1.82, 2.24) is 15.6 Å². The van der Waals surface area contributed by atoms with Crippen LogP contribution in [0.4, 0.5) is 0 Å². The molecule has 22 heavy (non-hydrogen) atoms. The fourth-order valence-electron chi connectivity index (χ4n) is 2.30. The molecule has 2 rings (SSSR count). The first kappa shape index (κ1) is 16.9. The van der Waals surface area contributed by atoms with Gasteiger partial charge in [-0.15, -0.1) is 0 Å². The van der Waals surface area contributed by atoms with Gasteiger partial charge in [-0.05, 0) is 31.1 Å². The maximum absolute atomic E-state index is 5.68. The quantitative estimate of drug-likeness (QED) is 0.596. The standard InChI is InChI=1S/C16H26N4OS/c1-3-9-21-15-13(6-4-8-18-15)11-19-16(17-2)20-12-14-7-5-10-22-14/h4,6,8,14H,3,5,7,9-12H2,1-2H3,(H2,17,19,20). The summed E-state index contributed by atoms with van der Waals surface area (Å²) >= 11 is 2.05. The Morgan fingerprint density at radius 1 is 1.50 bits per heavy atom. The molecule has 1 atom stereocenters. The van der Waals surface area contributed by atoms with Gasteiger partial charge in [0.1, 0.15) is 0 Å². The smallest absolute Gasteiger partial charge is 0.218 e. The number of rotatable bonds is 7. The molecule has 6 heteroatoms. The Bertz CT molecular complexity index is 475. The monoisotopic (exact) mass is 322 g/mol. The number of nitrogens with zero attached hydrogens (tertiary/aromatic N) is 2. The van der Waals surface area contributed by atoms with Crippen molar-refractivity contribution in [3.05, 3.63) is 23.9 Å². The molecular formula is C16H26N4OS. The Kier molecular flexibility index (Phi) is 7.36. The number of hydrogen-bond donors (Lipinski definition) is 2. The summed E-state index contributed by atoms with van der Waals surface area (Å²) < 4.78 is 5.68. The topological polar surface area (TPSA) is 58.5 Å². The van der Waals surface area contributed by atoms with E-state index in [2.05, 4.69) is 27.5 Å². The predicted molar refractivity (Wildman–Crippen MR) is 93.7 cm³/mol. The van der Waals surface area contributed by atoms with Gasteiger partial charge in [-0.3, -0.25) is 4.99 Å². The van der Waals surface area contributed by atoms with Gasteiger partial charge in [0.05, 0.1) is 6.61 Å². The summed E-state index contributed by atoms with van der Waals surface area (Å²) in [7, 11) is 1.80. The van der Waals surface area contributed by atoms with E-state index in [9.17, 15) is 0 Å². The third kappa shape index (κ3) is 5.40. The molecule has 1 aromatic heterocycles. The first-order valence-corrected chi connectivity index (χ1v) is 9.01. The summed E-state index contributed by atoms with van der Waals surface area (Å²) in [5, 5.41) is 7.45. The number of aliphatic imine (C=N–C) groups is 1. The SMILES string of the molecule is CCCOc1ncccc1CNC(=NC)NCC1CCCS1. The average Bonchev–Trinajstić information content (AvgIpc) is 3.07. The molecule has 0 bridgehead atoms. The lowest BCUT2D eigenvalue weighted by molar-refractivity contribution is 0.301. The van der Waals surface area contributed by atoms with Gasteiger partial charge in [0.25, 0.3) is 0 Å². The summed E-state index contributed by atoms with van der Waals surface area (Å²) in [5.41, 5.74) is 1.05. The molecule has 0 aromatic carbocycles. The van der Waals surface area contributed by atoms with Gasteiger partial charge >= 0.3 is 0 Å². The van der Waals surface area contributed by atoms with E-state index in [1.54, 1.807) is 13.2 Å². The second-order valence-electron chi connectivity index (χ2n) is 5.26. The highest BCUT2D eigenvalue weighted by Gasteiger charge is 2.15. The first-order chi connectivity index (χ1) is 10.8. The van der Waals surface area contributed by atoms with E-state index < -0.39 is 0 Å². The van der Waals surface area contributed by atoms with Gasteiger partial charge in [-0.2, -0.15) is 11.8 Å². The molecule has 1 aliphatic heterocycles. The number of hydrogen-bond acceptors (Lipinski definition) is 4. The normalized spacial score (nSPS) is 18.3. The molecule has 2 N–H and O–H groups in total. The van der Waals surface area contributed by atoms with Gasteiger partial charge in [0, 0.05) is 37.1 Å². The Morgan fingerprint density at radius 3 is 3.14 bits per heavy atom. The van der Waals surface area contributed by atoms with Gasteiger partial charge in [-0.25, -0.2) is 4.98 Å². The molecule has 1 fully saturated rings. The summed E-state index contributed by atoms with van der Waals surface area (Å²) in [5.74, 6) is 2.82. The molecule has 1 unspecified atom stereocenters. The number of pyridine rings is 1. The van der Waals surface area contributed by atoms with E-state index >= 15 is 0 Å². The Balaban J connectivity index is 1.82. The van der Waals surface area contributed by atoms with Crippen molar-refractivity contribution in [2.45, 2.75) is 38.0 Å². The minimum atomic E-state index is 0.657. The molecule has 0 radical (unpaired) electrons. The van der Waals surface area contributed by atoms with Crippen LogP contribution in [0.15, 0.2) is 23.3 Å². The first-order valence-electron chi connectivity index (χ1n) is 7.96. The van der Waals surface area contributed by atoms with Crippen molar-refractivity contribution < 1.29 is 4.74 Å². The van der Waals surface area contributed by atoms with Crippen LogP contribution >= 0.6 is 11.8 Å². The highest BCUT2D eigenvalue weighted by atomic mass is 32.2. The summed E-state index contributed by atoms with van der Waals surface area (Å²) in [4.78, 5) is 8.58. The third-order valence-electron chi connectivity index (χ3n) is 3.48. The average molecular weight is 322 g/mol. The van der Waals surface area contributed by atoms with E-state index in [0.29, 0.717) is 24.3 Å². The van der Waals surface area contributed by atoms with Crippen LogP contribution in [0, 0.1) is 0 Å². The molecular weight excluding hydrogens is 296 g/mol. The van der Waals surface area contributed by atoms with Gasteiger partial charge in [0.15, 0.2) is 5.96 Å². The minimum absolute atomic E-state index is 0.657. The van der Waals surface area contributed by atoms with Crippen LogP contribution in [0.25, 0.3) is 0 Å². The largest absolute Gasteiger partial charge is 0.477 e. The van der Waals surface area contributed by atoms with Crippen LogP contribution in [0.2, 0.25) is 0 Å². The van der Waals surface area contributed by atoms with E-state index in [0.717, 1.165) is 24.5 Å². The van der Waals surface area contributed by atoms with Crippen molar-refractivity contribution in [1.29, 1.82) is 0 Å². The van der Waals surface area contributed by atoms with Crippen molar-refractivity contribution in [2.75, 3.05) is 26.0 Å². The Hall–Kier alpha value is -1.43. The van der Waals surface area contributed by atoms with Crippen LogP contribution in [-0.2, 0) is 6.54 Å². The molecule has 0 amide bonds. The van der Waals surface area contributed by atoms with Crippen LogP contribution < -0.4 is 15.4 Å². The molecule has 0 saturated carbocycles. The fraction of sp³-hybridized carbons (Fsp3) is 0.625. The Morgan fingerprint density at radius 2 is 2.41 bits per heavy atom. The fourth-order valence-corrected chi connectivity index (χ4v) is 3.50. The van der Waals surface area contributed by atoms with E-state index in [-0.39, 0.29) is 0 Å².